The van der Waals surface area contributed by atoms with E-state index in [-0.39, 0.29) is 0 Å². The molecule has 3 N–H and O–H groups in total. The molecule has 0 bridgehead atoms. The molecule has 94 valence electrons. The van der Waals surface area contributed by atoms with E-state index >= 15 is 0 Å². The number of hydrogen-bond acceptors (Lipinski definition) is 4. The molecule has 0 saturated heterocycles. The summed E-state index contributed by atoms with van der Waals surface area (Å²) in [5.41, 5.74) is 6.16. The number of para-hydroxylation sites is 1. The lowest BCUT2D eigenvalue weighted by atomic mass is 10.2. The Labute approximate surface area is 110 Å². The van der Waals surface area contributed by atoms with Gasteiger partial charge in [0.25, 0.3) is 0 Å². The molecular formula is C14H13N5. The minimum atomic E-state index is 0.811. The van der Waals surface area contributed by atoms with Crippen LogP contribution >= 0.6 is 0 Å². The van der Waals surface area contributed by atoms with Crippen molar-refractivity contribution >= 4 is 5.69 Å². The molecule has 0 aliphatic heterocycles. The molecular weight excluding hydrogens is 238 g/mol. The predicted octanol–water partition coefficient (Wildman–Crippen LogP) is 2.22. The van der Waals surface area contributed by atoms with Crippen LogP contribution in [0.15, 0.2) is 60.9 Å². The number of rotatable bonds is 3. The molecule has 2 heterocycles. The summed E-state index contributed by atoms with van der Waals surface area (Å²) in [6.45, 7) is 0. The highest BCUT2D eigenvalue weighted by atomic mass is 15.3. The quantitative estimate of drug-likeness (QED) is 0.553. The third-order valence-corrected chi connectivity index (χ3v) is 2.83. The Kier molecular flexibility index (Phi) is 2.96. The second kappa shape index (κ2) is 4.91. The molecule has 3 aromatic rings. The number of aromatic nitrogens is 3. The second-order valence-electron chi connectivity index (χ2n) is 4.04. The highest BCUT2D eigenvalue weighted by Crippen LogP contribution is 2.22. The maximum atomic E-state index is 5.42. The summed E-state index contributed by atoms with van der Waals surface area (Å²) in [6, 6.07) is 15.6. The summed E-state index contributed by atoms with van der Waals surface area (Å²) < 4.78 is 1.85. The minimum Gasteiger partial charge on any atom is -0.324 e. The lowest BCUT2D eigenvalue weighted by Crippen LogP contribution is -2.07. The molecule has 0 atom stereocenters. The summed E-state index contributed by atoms with van der Waals surface area (Å²) in [7, 11) is 0. The standard InChI is InChI=1S/C14H13N5/c15-18-11-6-8-16-13(10-11)14-7-9-17-19(14)12-4-2-1-3-5-12/h1-10H,15H2,(H,16,18). The Balaban J connectivity index is 2.09. The molecule has 0 saturated carbocycles. The lowest BCUT2D eigenvalue weighted by molar-refractivity contribution is 0.884. The van der Waals surface area contributed by atoms with Crippen LogP contribution < -0.4 is 11.3 Å². The third kappa shape index (κ3) is 2.19. The van der Waals surface area contributed by atoms with Gasteiger partial charge >= 0.3 is 0 Å². The van der Waals surface area contributed by atoms with Crippen LogP contribution in [0.1, 0.15) is 0 Å². The lowest BCUT2D eigenvalue weighted by Gasteiger charge is -2.08. The van der Waals surface area contributed by atoms with Crippen molar-refractivity contribution in [2.45, 2.75) is 0 Å². The predicted molar refractivity (Wildman–Crippen MR) is 74.6 cm³/mol. The molecule has 0 spiro atoms. The van der Waals surface area contributed by atoms with Crippen LogP contribution in [0.25, 0.3) is 17.1 Å². The first-order chi connectivity index (χ1) is 9.38. The highest BCUT2D eigenvalue weighted by Gasteiger charge is 2.08. The van der Waals surface area contributed by atoms with Gasteiger partial charge in [-0.15, -0.1) is 0 Å². The van der Waals surface area contributed by atoms with Crippen LogP contribution in [0.2, 0.25) is 0 Å². The maximum Gasteiger partial charge on any atom is 0.0925 e. The number of hydrazine groups is 1. The first kappa shape index (κ1) is 11.4. The Morgan fingerprint density at radius 2 is 1.84 bits per heavy atom. The molecule has 1 aromatic carbocycles. The Hall–Kier alpha value is -2.66. The number of hydrogen-bond donors (Lipinski definition) is 2. The van der Waals surface area contributed by atoms with Crippen molar-refractivity contribution in [2.75, 3.05) is 5.43 Å². The monoisotopic (exact) mass is 251 g/mol. The van der Waals surface area contributed by atoms with Gasteiger partial charge < -0.3 is 5.43 Å². The van der Waals surface area contributed by atoms with Crippen molar-refractivity contribution in [2.24, 2.45) is 5.84 Å². The van der Waals surface area contributed by atoms with E-state index in [2.05, 4.69) is 15.5 Å². The summed E-state index contributed by atoms with van der Waals surface area (Å²) >= 11 is 0. The van der Waals surface area contributed by atoms with E-state index in [0.717, 1.165) is 22.8 Å². The third-order valence-electron chi connectivity index (χ3n) is 2.83. The number of benzene rings is 1. The molecule has 5 nitrogen and oxygen atoms in total. The van der Waals surface area contributed by atoms with Crippen LogP contribution in [-0.2, 0) is 0 Å². The van der Waals surface area contributed by atoms with E-state index in [4.69, 9.17) is 5.84 Å². The number of nitrogen functional groups attached to an aromatic ring is 1. The van der Waals surface area contributed by atoms with E-state index < -0.39 is 0 Å². The minimum absolute atomic E-state index is 0.811. The van der Waals surface area contributed by atoms with Gasteiger partial charge in [0.1, 0.15) is 0 Å². The van der Waals surface area contributed by atoms with Gasteiger partial charge in [-0.1, -0.05) is 18.2 Å². The number of nitrogens with two attached hydrogens (primary N) is 1. The molecule has 3 rings (SSSR count). The van der Waals surface area contributed by atoms with E-state index in [1.807, 2.05) is 53.2 Å². The van der Waals surface area contributed by atoms with Crippen LogP contribution in [0.3, 0.4) is 0 Å². The number of nitrogens with one attached hydrogen (secondary N) is 1. The zero-order chi connectivity index (χ0) is 13.1. The number of nitrogens with zero attached hydrogens (tertiary/aromatic N) is 3. The second-order valence-corrected chi connectivity index (χ2v) is 4.04. The average molecular weight is 251 g/mol. The van der Waals surface area contributed by atoms with Gasteiger partial charge in [-0.25, -0.2) is 4.68 Å². The van der Waals surface area contributed by atoms with Gasteiger partial charge in [0.05, 0.1) is 29.0 Å². The fourth-order valence-electron chi connectivity index (χ4n) is 1.93. The van der Waals surface area contributed by atoms with Crippen molar-refractivity contribution in [3.8, 4) is 17.1 Å². The molecule has 0 fully saturated rings. The molecule has 19 heavy (non-hydrogen) atoms. The zero-order valence-corrected chi connectivity index (χ0v) is 10.2. The SMILES string of the molecule is NNc1ccnc(-c2ccnn2-c2ccccc2)c1. The molecule has 0 radical (unpaired) electrons. The first-order valence-corrected chi connectivity index (χ1v) is 5.91. The fraction of sp³-hybridized carbons (Fsp3) is 0. The van der Waals surface area contributed by atoms with E-state index in [9.17, 15) is 0 Å². The number of anilines is 1. The van der Waals surface area contributed by atoms with Gasteiger partial charge in [0.15, 0.2) is 0 Å². The molecule has 0 amide bonds. The first-order valence-electron chi connectivity index (χ1n) is 5.91. The van der Waals surface area contributed by atoms with E-state index in [0.29, 0.717) is 0 Å². The molecule has 0 aliphatic carbocycles. The van der Waals surface area contributed by atoms with Gasteiger partial charge in [-0.3, -0.25) is 10.8 Å². The summed E-state index contributed by atoms with van der Waals surface area (Å²) in [6.07, 6.45) is 3.47. The van der Waals surface area contributed by atoms with Crippen molar-refractivity contribution < 1.29 is 0 Å². The maximum absolute atomic E-state index is 5.42. The van der Waals surface area contributed by atoms with Crippen molar-refractivity contribution in [3.63, 3.8) is 0 Å². The van der Waals surface area contributed by atoms with Crippen molar-refractivity contribution in [1.29, 1.82) is 0 Å². The Bertz CT molecular complexity index is 675. The van der Waals surface area contributed by atoms with Crippen LogP contribution in [0.5, 0.6) is 0 Å². The molecule has 2 aromatic heterocycles. The molecule has 0 unspecified atom stereocenters. The summed E-state index contributed by atoms with van der Waals surface area (Å²) in [4.78, 5) is 4.36. The van der Waals surface area contributed by atoms with Gasteiger partial charge in [0.2, 0.25) is 0 Å². The molecule has 5 heteroatoms. The van der Waals surface area contributed by atoms with E-state index in [1.54, 1.807) is 12.4 Å². The van der Waals surface area contributed by atoms with Crippen LogP contribution in [-0.4, -0.2) is 14.8 Å². The summed E-state index contributed by atoms with van der Waals surface area (Å²) in [5, 5.41) is 4.34. The number of pyridine rings is 1. The Morgan fingerprint density at radius 3 is 2.63 bits per heavy atom. The van der Waals surface area contributed by atoms with Crippen LogP contribution in [0.4, 0.5) is 5.69 Å². The average Bonchev–Trinajstić information content (AvgIpc) is 2.98. The Morgan fingerprint density at radius 1 is 1.00 bits per heavy atom. The zero-order valence-electron chi connectivity index (χ0n) is 10.2. The van der Waals surface area contributed by atoms with Crippen molar-refractivity contribution in [3.05, 3.63) is 60.9 Å². The van der Waals surface area contributed by atoms with Gasteiger partial charge in [-0.05, 0) is 30.3 Å². The topological polar surface area (TPSA) is 68.8 Å². The summed E-state index contributed by atoms with van der Waals surface area (Å²) in [5.74, 6) is 5.42. The highest BCUT2D eigenvalue weighted by molar-refractivity contribution is 5.62. The smallest absolute Gasteiger partial charge is 0.0925 e. The van der Waals surface area contributed by atoms with E-state index in [1.165, 1.54) is 0 Å². The van der Waals surface area contributed by atoms with Crippen LogP contribution in [0, 0.1) is 0 Å². The van der Waals surface area contributed by atoms with Gasteiger partial charge in [0, 0.05) is 6.20 Å². The van der Waals surface area contributed by atoms with Crippen molar-refractivity contribution in [1.82, 2.24) is 14.8 Å². The molecule has 0 aliphatic rings. The normalized spacial score (nSPS) is 10.4. The largest absolute Gasteiger partial charge is 0.324 e. The fourth-order valence-corrected chi connectivity index (χ4v) is 1.93. The van der Waals surface area contributed by atoms with Gasteiger partial charge in [-0.2, -0.15) is 5.10 Å².